The normalized spacial score (nSPS) is 19.1. The topological polar surface area (TPSA) is 50.2 Å². The van der Waals surface area contributed by atoms with E-state index in [1.807, 2.05) is 40.9 Å². The first-order valence-electron chi connectivity index (χ1n) is 9.98. The van der Waals surface area contributed by atoms with Gasteiger partial charge in [0.15, 0.2) is 5.69 Å². The zero-order chi connectivity index (χ0) is 18.8. The lowest BCUT2D eigenvalue weighted by Gasteiger charge is -2.16. The largest absolute Gasteiger partial charge is 0.337 e. The standard InChI is InChI=1S/C21H27ClN4O.ClH/c1-23-13-15-11-12-25(14-15)21(27)20-18-5-3-2-4-6-19(18)26(24-20)17-9-7-16(22)8-10-17;/h7-10,15,23H,2-6,11-14H2,1H3;1H. The maximum absolute atomic E-state index is 13.3. The first-order valence-corrected chi connectivity index (χ1v) is 10.4. The van der Waals surface area contributed by atoms with E-state index >= 15 is 0 Å². The van der Waals surface area contributed by atoms with Crippen LogP contribution >= 0.6 is 24.0 Å². The molecule has 152 valence electrons. The Morgan fingerprint density at radius 3 is 2.71 bits per heavy atom. The Morgan fingerprint density at radius 1 is 1.21 bits per heavy atom. The van der Waals surface area contributed by atoms with Crippen molar-refractivity contribution in [3.63, 3.8) is 0 Å². The van der Waals surface area contributed by atoms with E-state index in [1.165, 1.54) is 12.1 Å². The molecule has 0 saturated carbocycles. The van der Waals surface area contributed by atoms with Gasteiger partial charge >= 0.3 is 0 Å². The third-order valence-electron chi connectivity index (χ3n) is 5.77. The lowest BCUT2D eigenvalue weighted by Crippen LogP contribution is -2.31. The minimum Gasteiger partial charge on any atom is -0.337 e. The summed E-state index contributed by atoms with van der Waals surface area (Å²) < 4.78 is 1.98. The third kappa shape index (κ3) is 4.22. The fraction of sp³-hybridized carbons (Fsp3) is 0.524. The van der Waals surface area contributed by atoms with Gasteiger partial charge in [0, 0.05) is 29.4 Å². The number of halogens is 2. The van der Waals surface area contributed by atoms with E-state index in [0.29, 0.717) is 16.6 Å². The quantitative estimate of drug-likeness (QED) is 0.759. The van der Waals surface area contributed by atoms with Gasteiger partial charge in [-0.25, -0.2) is 4.68 Å². The van der Waals surface area contributed by atoms with E-state index in [-0.39, 0.29) is 18.3 Å². The molecule has 1 fully saturated rings. The zero-order valence-electron chi connectivity index (χ0n) is 16.3. The van der Waals surface area contributed by atoms with Gasteiger partial charge in [0.05, 0.1) is 5.69 Å². The number of fused-ring (bicyclic) bond motifs is 1. The molecule has 28 heavy (non-hydrogen) atoms. The molecule has 2 aliphatic rings. The predicted octanol–water partition coefficient (Wildman–Crippen LogP) is 3.90. The molecule has 2 aromatic rings. The van der Waals surface area contributed by atoms with Crippen LogP contribution in [-0.4, -0.2) is 47.3 Å². The number of rotatable bonds is 4. The van der Waals surface area contributed by atoms with E-state index in [4.69, 9.17) is 16.7 Å². The van der Waals surface area contributed by atoms with Gasteiger partial charge in [0.1, 0.15) is 0 Å². The molecule has 1 saturated heterocycles. The lowest BCUT2D eigenvalue weighted by atomic mass is 10.1. The summed E-state index contributed by atoms with van der Waals surface area (Å²) in [5.74, 6) is 0.635. The van der Waals surface area contributed by atoms with E-state index < -0.39 is 0 Å². The van der Waals surface area contributed by atoms with Crippen molar-refractivity contribution in [2.24, 2.45) is 5.92 Å². The molecule has 1 atom stereocenters. The van der Waals surface area contributed by atoms with Crippen molar-refractivity contribution in [3.05, 3.63) is 46.2 Å². The average molecular weight is 423 g/mol. The Bertz CT molecular complexity index is 819. The van der Waals surface area contributed by atoms with Crippen LogP contribution in [0, 0.1) is 5.92 Å². The van der Waals surface area contributed by atoms with Gasteiger partial charge in [-0.1, -0.05) is 18.0 Å². The molecule has 0 bridgehead atoms. The second-order valence-electron chi connectivity index (χ2n) is 7.69. The van der Waals surface area contributed by atoms with Gasteiger partial charge in [-0.3, -0.25) is 4.79 Å². The van der Waals surface area contributed by atoms with Crippen LogP contribution in [0.1, 0.15) is 47.4 Å². The molecule has 1 amide bonds. The van der Waals surface area contributed by atoms with E-state index in [0.717, 1.165) is 63.0 Å². The molecule has 0 spiro atoms. The first-order chi connectivity index (χ1) is 13.2. The van der Waals surface area contributed by atoms with Gasteiger partial charge in [-0.2, -0.15) is 5.10 Å². The number of benzene rings is 1. The van der Waals surface area contributed by atoms with Crippen molar-refractivity contribution in [3.8, 4) is 5.69 Å². The minimum atomic E-state index is 0. The number of nitrogens with one attached hydrogen (secondary N) is 1. The van der Waals surface area contributed by atoms with Crippen LogP contribution in [0.3, 0.4) is 0 Å². The highest BCUT2D eigenvalue weighted by atomic mass is 35.5. The summed E-state index contributed by atoms with van der Waals surface area (Å²) in [6.45, 7) is 2.61. The molecule has 1 N–H and O–H groups in total. The molecule has 0 radical (unpaired) electrons. The molecule has 2 heterocycles. The summed E-state index contributed by atoms with van der Waals surface area (Å²) in [7, 11) is 1.97. The van der Waals surface area contributed by atoms with E-state index in [1.54, 1.807) is 0 Å². The van der Waals surface area contributed by atoms with E-state index in [2.05, 4.69) is 5.32 Å². The van der Waals surface area contributed by atoms with Crippen LogP contribution in [0.4, 0.5) is 0 Å². The monoisotopic (exact) mass is 422 g/mol. The molecule has 4 rings (SSSR count). The molecular weight excluding hydrogens is 395 g/mol. The average Bonchev–Trinajstić information content (AvgIpc) is 3.20. The number of hydrogen-bond donors (Lipinski definition) is 1. The smallest absolute Gasteiger partial charge is 0.274 e. The van der Waals surface area contributed by atoms with Gasteiger partial charge in [0.2, 0.25) is 0 Å². The molecule has 1 aliphatic heterocycles. The number of carbonyl (C=O) groups excluding carboxylic acids is 1. The molecule has 7 heteroatoms. The van der Waals surface area contributed by atoms with E-state index in [9.17, 15) is 4.79 Å². The van der Waals surface area contributed by atoms with Gasteiger partial charge in [0.25, 0.3) is 5.91 Å². The molecule has 1 aromatic heterocycles. The Balaban J connectivity index is 0.00000225. The van der Waals surface area contributed by atoms with Crippen LogP contribution in [0.15, 0.2) is 24.3 Å². The van der Waals surface area contributed by atoms with Crippen molar-refractivity contribution in [2.75, 3.05) is 26.7 Å². The summed E-state index contributed by atoms with van der Waals surface area (Å²) >= 11 is 6.05. The predicted molar refractivity (Wildman–Crippen MR) is 115 cm³/mol. The van der Waals surface area contributed by atoms with Crippen molar-refractivity contribution >= 4 is 29.9 Å². The SMILES string of the molecule is CNCC1CCN(C(=O)c2nn(-c3ccc(Cl)cc3)c3c2CCCCC3)C1.Cl. The Hall–Kier alpha value is -1.56. The second kappa shape index (κ2) is 9.29. The number of amides is 1. The Kier molecular flexibility index (Phi) is 7.02. The van der Waals surface area contributed by atoms with Crippen molar-refractivity contribution in [1.29, 1.82) is 0 Å². The fourth-order valence-electron chi connectivity index (χ4n) is 4.37. The number of nitrogens with zero attached hydrogens (tertiary/aromatic N) is 3. The van der Waals surface area contributed by atoms with Crippen LogP contribution < -0.4 is 5.32 Å². The fourth-order valence-corrected chi connectivity index (χ4v) is 4.49. The maximum Gasteiger partial charge on any atom is 0.274 e. The summed E-state index contributed by atoms with van der Waals surface area (Å²) in [6, 6.07) is 7.72. The van der Waals surface area contributed by atoms with Crippen LogP contribution in [0.2, 0.25) is 5.02 Å². The van der Waals surface area contributed by atoms with Crippen LogP contribution in [-0.2, 0) is 12.8 Å². The van der Waals surface area contributed by atoms with Gasteiger partial charge in [-0.05, 0) is 75.9 Å². The van der Waals surface area contributed by atoms with Gasteiger partial charge in [-0.15, -0.1) is 12.4 Å². The van der Waals surface area contributed by atoms with Crippen LogP contribution in [0.25, 0.3) is 5.69 Å². The van der Waals surface area contributed by atoms with Crippen molar-refractivity contribution in [2.45, 2.75) is 38.5 Å². The van der Waals surface area contributed by atoms with Crippen molar-refractivity contribution in [1.82, 2.24) is 20.0 Å². The minimum absolute atomic E-state index is 0. The number of likely N-dealkylation sites (tertiary alicyclic amines) is 1. The summed E-state index contributed by atoms with van der Waals surface area (Å²) in [5, 5.41) is 8.75. The number of carbonyl (C=O) groups is 1. The highest BCUT2D eigenvalue weighted by molar-refractivity contribution is 6.30. The highest BCUT2D eigenvalue weighted by Crippen LogP contribution is 2.29. The molecule has 1 aliphatic carbocycles. The maximum atomic E-state index is 13.3. The molecule has 1 unspecified atom stereocenters. The Labute approximate surface area is 177 Å². The zero-order valence-corrected chi connectivity index (χ0v) is 17.9. The second-order valence-corrected chi connectivity index (χ2v) is 8.12. The molecule has 5 nitrogen and oxygen atoms in total. The molecular formula is C21H28Cl2N4O. The highest BCUT2D eigenvalue weighted by Gasteiger charge is 2.31. The Morgan fingerprint density at radius 2 is 1.96 bits per heavy atom. The number of aromatic nitrogens is 2. The summed E-state index contributed by atoms with van der Waals surface area (Å²) in [6.07, 6.45) is 6.46. The molecule has 1 aromatic carbocycles. The van der Waals surface area contributed by atoms with Gasteiger partial charge < -0.3 is 10.2 Å². The third-order valence-corrected chi connectivity index (χ3v) is 6.02. The number of hydrogen-bond acceptors (Lipinski definition) is 3. The first kappa shape index (κ1) is 21.2. The summed E-state index contributed by atoms with van der Waals surface area (Å²) in [5.41, 5.74) is 3.99. The van der Waals surface area contributed by atoms with Crippen molar-refractivity contribution < 1.29 is 4.79 Å². The summed E-state index contributed by atoms with van der Waals surface area (Å²) in [4.78, 5) is 15.3. The van der Waals surface area contributed by atoms with Crippen LogP contribution in [0.5, 0.6) is 0 Å². The lowest BCUT2D eigenvalue weighted by molar-refractivity contribution is 0.0780.